The third-order valence-corrected chi connectivity index (χ3v) is 2.10. The first kappa shape index (κ1) is 12.8. The van der Waals surface area contributed by atoms with Crippen LogP contribution in [-0.4, -0.2) is 31.0 Å². The Morgan fingerprint density at radius 3 is 2.57 bits per heavy atom. The van der Waals surface area contributed by atoms with Crippen LogP contribution in [0.5, 0.6) is 0 Å². The predicted molar refractivity (Wildman–Crippen MR) is 56.5 cm³/mol. The largest absolute Gasteiger partial charge is 0.487 e. The highest BCUT2D eigenvalue weighted by molar-refractivity contribution is 8.14. The summed E-state index contributed by atoms with van der Waals surface area (Å²) in [5.41, 5.74) is 2.75. The van der Waals surface area contributed by atoms with Gasteiger partial charge in [0.1, 0.15) is 5.04 Å². The van der Waals surface area contributed by atoms with E-state index in [2.05, 4.69) is 10.5 Å². The summed E-state index contributed by atoms with van der Waals surface area (Å²) in [6.07, 6.45) is 1.64. The van der Waals surface area contributed by atoms with Gasteiger partial charge in [0, 0.05) is 0 Å². The number of hydrogen-bond donors (Lipinski definition) is 1. The second-order valence-electron chi connectivity index (χ2n) is 2.16. The van der Waals surface area contributed by atoms with Crippen molar-refractivity contribution in [2.24, 2.45) is 0 Å². The van der Waals surface area contributed by atoms with E-state index in [9.17, 15) is 4.79 Å². The van der Waals surface area contributed by atoms with Gasteiger partial charge in [-0.3, -0.25) is 10.2 Å². The lowest BCUT2D eigenvalue weighted by Gasteiger charge is -2.03. The van der Waals surface area contributed by atoms with Gasteiger partial charge in [-0.15, -0.1) is 0 Å². The maximum atomic E-state index is 10.8. The quantitative estimate of drug-likeness (QED) is 0.254. The number of carbonyl (C=O) groups is 1. The Kier molecular flexibility index (Phi) is 6.62. The fourth-order valence-corrected chi connectivity index (χ4v) is 1.26. The number of methoxy groups -OCH3 is 2. The van der Waals surface area contributed by atoms with Gasteiger partial charge in [0.15, 0.2) is 5.76 Å². The molecule has 0 fully saturated rings. The molecule has 0 aliphatic carbocycles. The van der Waals surface area contributed by atoms with Crippen LogP contribution in [0.4, 0.5) is 0 Å². The van der Waals surface area contributed by atoms with Gasteiger partial charge in [0.2, 0.25) is 0 Å². The van der Waals surface area contributed by atoms with Crippen molar-refractivity contribution in [3.8, 4) is 0 Å². The number of thioether (sulfide) groups is 1. The average Bonchev–Trinajstić information content (AvgIpc) is 2.21. The summed E-state index contributed by atoms with van der Waals surface area (Å²) in [5, 5.41) is 7.69. The smallest absolute Gasteiger partial charge is 0.316 e. The lowest BCUT2D eigenvalue weighted by atomic mass is 10.5. The molecule has 78 valence electrons. The summed E-state index contributed by atoms with van der Waals surface area (Å²) < 4.78 is 9.33. The number of esters is 1. The summed E-state index contributed by atoms with van der Waals surface area (Å²) in [6, 6.07) is 0. The first-order valence-corrected chi connectivity index (χ1v) is 4.88. The lowest BCUT2D eigenvalue weighted by Crippen LogP contribution is -2.07. The Hall–Kier alpha value is -1.19. The highest BCUT2D eigenvalue weighted by Crippen LogP contribution is 2.10. The van der Waals surface area contributed by atoms with Crippen LogP contribution in [0, 0.1) is 5.41 Å². The Morgan fingerprint density at radius 2 is 2.14 bits per heavy atom. The van der Waals surface area contributed by atoms with E-state index < -0.39 is 0 Å². The molecule has 0 amide bonds. The van der Waals surface area contributed by atoms with E-state index in [1.165, 1.54) is 14.2 Å². The molecule has 0 atom stereocenters. The molecule has 0 aliphatic heterocycles. The van der Waals surface area contributed by atoms with Crippen molar-refractivity contribution in [1.29, 1.82) is 5.41 Å². The molecule has 0 spiro atoms. The SMILES string of the molecule is CC=C=C(OC)C(=N)SCC(=O)OC. The zero-order chi connectivity index (χ0) is 11.0. The van der Waals surface area contributed by atoms with Crippen LogP contribution < -0.4 is 0 Å². The molecule has 0 aromatic heterocycles. The molecular formula is C9H13NO3S. The van der Waals surface area contributed by atoms with E-state index in [1.807, 2.05) is 0 Å². The summed E-state index contributed by atoms with van der Waals surface area (Å²) >= 11 is 1.05. The lowest BCUT2D eigenvalue weighted by molar-refractivity contribution is -0.137. The Balaban J connectivity index is 4.20. The number of ether oxygens (including phenoxy) is 2. The minimum Gasteiger partial charge on any atom is -0.487 e. The number of carbonyl (C=O) groups excluding carboxylic acids is 1. The van der Waals surface area contributed by atoms with E-state index in [1.54, 1.807) is 13.0 Å². The molecule has 0 radical (unpaired) electrons. The molecule has 4 nitrogen and oxygen atoms in total. The van der Waals surface area contributed by atoms with E-state index in [0.29, 0.717) is 5.76 Å². The second kappa shape index (κ2) is 7.24. The van der Waals surface area contributed by atoms with Crippen LogP contribution in [-0.2, 0) is 14.3 Å². The minimum absolute atomic E-state index is 0.105. The minimum atomic E-state index is -0.365. The maximum absolute atomic E-state index is 10.8. The fourth-order valence-electron chi connectivity index (χ4n) is 0.604. The van der Waals surface area contributed by atoms with Crippen molar-refractivity contribution in [2.45, 2.75) is 6.92 Å². The molecule has 14 heavy (non-hydrogen) atoms. The monoisotopic (exact) mass is 215 g/mol. The number of rotatable bonds is 4. The van der Waals surface area contributed by atoms with Gasteiger partial charge in [0.25, 0.3) is 0 Å². The second-order valence-corrected chi connectivity index (χ2v) is 3.15. The number of nitrogens with one attached hydrogen (secondary N) is 1. The predicted octanol–water partition coefficient (Wildman–Crippen LogP) is 1.58. The molecule has 0 bridgehead atoms. The fraction of sp³-hybridized carbons (Fsp3) is 0.444. The molecule has 0 heterocycles. The summed E-state index contributed by atoms with van der Waals surface area (Å²) in [5.74, 6) is 0.0604. The molecule has 0 aromatic carbocycles. The normalized spacial score (nSPS) is 8.50. The van der Waals surface area contributed by atoms with Crippen molar-refractivity contribution in [2.75, 3.05) is 20.0 Å². The van der Waals surface area contributed by atoms with E-state index in [-0.39, 0.29) is 16.8 Å². The number of hydrogen-bond acceptors (Lipinski definition) is 5. The van der Waals surface area contributed by atoms with Crippen LogP contribution in [0.2, 0.25) is 0 Å². The van der Waals surface area contributed by atoms with E-state index >= 15 is 0 Å². The van der Waals surface area contributed by atoms with Crippen molar-refractivity contribution >= 4 is 22.8 Å². The van der Waals surface area contributed by atoms with Crippen molar-refractivity contribution in [3.63, 3.8) is 0 Å². The van der Waals surface area contributed by atoms with E-state index in [4.69, 9.17) is 10.1 Å². The highest BCUT2D eigenvalue weighted by Gasteiger charge is 2.08. The first-order chi connectivity index (χ1) is 6.65. The molecule has 1 N–H and O–H groups in total. The van der Waals surface area contributed by atoms with Crippen LogP contribution in [0.25, 0.3) is 0 Å². The zero-order valence-corrected chi connectivity index (χ0v) is 9.23. The van der Waals surface area contributed by atoms with Gasteiger partial charge in [-0.1, -0.05) is 17.5 Å². The topological polar surface area (TPSA) is 59.4 Å². The van der Waals surface area contributed by atoms with E-state index in [0.717, 1.165) is 11.8 Å². The van der Waals surface area contributed by atoms with Gasteiger partial charge >= 0.3 is 5.97 Å². The molecule has 0 aliphatic rings. The van der Waals surface area contributed by atoms with Gasteiger partial charge < -0.3 is 9.47 Å². The Labute approximate surface area is 87.5 Å². The molecule has 0 saturated heterocycles. The first-order valence-electron chi connectivity index (χ1n) is 3.89. The van der Waals surface area contributed by atoms with Crippen LogP contribution in [0.1, 0.15) is 6.92 Å². The summed E-state index contributed by atoms with van der Waals surface area (Å²) in [7, 11) is 2.77. The molecule has 0 aromatic rings. The van der Waals surface area contributed by atoms with Crippen molar-refractivity contribution in [1.82, 2.24) is 0 Å². The third kappa shape index (κ3) is 4.74. The molecule has 0 rings (SSSR count). The summed E-state index contributed by atoms with van der Waals surface area (Å²) in [6.45, 7) is 1.78. The van der Waals surface area contributed by atoms with Gasteiger partial charge in [-0.25, -0.2) is 0 Å². The molecular weight excluding hydrogens is 202 g/mol. The Bertz CT molecular complexity index is 280. The van der Waals surface area contributed by atoms with Gasteiger partial charge in [-0.2, -0.15) is 0 Å². The standard InChI is InChI=1S/C9H13NO3S/c1-4-5-7(12-2)9(10)14-6-8(11)13-3/h4,10H,6H2,1-3H3. The third-order valence-electron chi connectivity index (χ3n) is 1.25. The van der Waals surface area contributed by atoms with Crippen molar-refractivity contribution in [3.05, 3.63) is 17.6 Å². The Morgan fingerprint density at radius 1 is 1.50 bits per heavy atom. The highest BCUT2D eigenvalue weighted by atomic mass is 32.2. The average molecular weight is 215 g/mol. The summed E-state index contributed by atoms with van der Waals surface area (Å²) in [4.78, 5) is 10.8. The van der Waals surface area contributed by atoms with Crippen molar-refractivity contribution < 1.29 is 14.3 Å². The van der Waals surface area contributed by atoms with Crippen LogP contribution in [0.15, 0.2) is 17.6 Å². The molecule has 5 heteroatoms. The van der Waals surface area contributed by atoms with Gasteiger partial charge in [0.05, 0.1) is 20.0 Å². The van der Waals surface area contributed by atoms with Crippen LogP contribution in [0.3, 0.4) is 0 Å². The maximum Gasteiger partial charge on any atom is 0.316 e. The molecule has 0 unspecified atom stereocenters. The van der Waals surface area contributed by atoms with Gasteiger partial charge in [-0.05, 0) is 13.0 Å². The van der Waals surface area contributed by atoms with Crippen LogP contribution >= 0.6 is 11.8 Å². The zero-order valence-electron chi connectivity index (χ0n) is 8.42. The molecule has 0 saturated carbocycles.